The lowest BCUT2D eigenvalue weighted by Crippen LogP contribution is -2.55. The third kappa shape index (κ3) is 9.35. The summed E-state index contributed by atoms with van der Waals surface area (Å²) in [6, 6.07) is 22.5. The standard InChI is InChI=1S/C32H34ClN5O3.C2HF3O2/c33-23-15-13-22(14-16-23)30(39)37-27-18-25-24-10-4-5-11-26(24)36-28(25)20-38(32(27)41)29(12-6-7-17-34)31(40)35-19-21-8-2-1-3-9-21;3-2(4,5)1(6)7/h1-5,8-11,13-16,27,29,36H,6-7,12,17-20,34H2,(H,35,40)(H,37,39);(H,6,7)/t27-,29+;/m1./s1. The number of carbonyl (C=O) groups is 4. The summed E-state index contributed by atoms with van der Waals surface area (Å²) in [5.74, 6) is -3.67. The predicted molar refractivity (Wildman–Crippen MR) is 174 cm³/mol. The molecule has 1 aromatic heterocycles. The van der Waals surface area contributed by atoms with Crippen LogP contribution in [0, 0.1) is 0 Å². The van der Waals surface area contributed by atoms with Gasteiger partial charge in [-0.2, -0.15) is 13.2 Å². The SMILES string of the molecule is NCCCC[C@@H](C(=O)NCc1ccccc1)N1Cc2[nH]c3ccccc3c2C[C@@H](NC(=O)c2ccc(Cl)cc2)C1=O.O=C(O)C(F)(F)F. The van der Waals surface area contributed by atoms with Crippen molar-refractivity contribution in [1.82, 2.24) is 20.5 Å². The maximum absolute atomic E-state index is 14.2. The van der Waals surface area contributed by atoms with Crippen LogP contribution in [0.1, 0.15) is 46.4 Å². The third-order valence-corrected chi connectivity index (χ3v) is 8.05. The lowest BCUT2D eigenvalue weighted by Gasteiger charge is -2.32. The van der Waals surface area contributed by atoms with E-state index in [0.29, 0.717) is 42.9 Å². The largest absolute Gasteiger partial charge is 0.490 e. The van der Waals surface area contributed by atoms with Crippen LogP contribution in [0.15, 0.2) is 78.9 Å². The van der Waals surface area contributed by atoms with Crippen LogP contribution in [0.3, 0.4) is 0 Å². The Balaban J connectivity index is 0.000000671. The molecule has 254 valence electrons. The second-order valence-electron chi connectivity index (χ2n) is 11.1. The van der Waals surface area contributed by atoms with Crippen LogP contribution >= 0.6 is 11.6 Å². The topological polar surface area (TPSA) is 158 Å². The van der Waals surface area contributed by atoms with Crippen molar-refractivity contribution in [3.05, 3.63) is 106 Å². The molecule has 3 amide bonds. The fourth-order valence-electron chi connectivity index (χ4n) is 5.40. The summed E-state index contributed by atoms with van der Waals surface area (Å²) in [7, 11) is 0. The Labute approximate surface area is 279 Å². The van der Waals surface area contributed by atoms with E-state index in [9.17, 15) is 27.6 Å². The van der Waals surface area contributed by atoms with Gasteiger partial charge in [0.05, 0.1) is 6.54 Å². The number of carboxylic acids is 1. The molecule has 1 aliphatic heterocycles. The molecule has 0 radical (unpaired) electrons. The summed E-state index contributed by atoms with van der Waals surface area (Å²) < 4.78 is 31.7. The molecule has 0 fully saturated rings. The Morgan fingerprint density at radius 3 is 2.29 bits per heavy atom. The van der Waals surface area contributed by atoms with Crippen LogP contribution < -0.4 is 16.4 Å². The van der Waals surface area contributed by atoms with Gasteiger partial charge in [0.2, 0.25) is 11.8 Å². The molecule has 0 unspecified atom stereocenters. The van der Waals surface area contributed by atoms with E-state index in [1.807, 2.05) is 54.6 Å². The number of aromatic nitrogens is 1. The fraction of sp³-hybridized carbons (Fsp3) is 0.294. The fourth-order valence-corrected chi connectivity index (χ4v) is 5.52. The van der Waals surface area contributed by atoms with Crippen molar-refractivity contribution < 1.29 is 37.5 Å². The maximum Gasteiger partial charge on any atom is 0.490 e. The lowest BCUT2D eigenvalue weighted by molar-refractivity contribution is -0.192. The van der Waals surface area contributed by atoms with Crippen molar-refractivity contribution in [2.75, 3.05) is 6.54 Å². The number of carboxylic acid groups (broad SMARTS) is 1. The number of hydrogen-bond acceptors (Lipinski definition) is 5. The first-order valence-electron chi connectivity index (χ1n) is 15.2. The van der Waals surface area contributed by atoms with E-state index in [0.717, 1.165) is 34.1 Å². The van der Waals surface area contributed by atoms with Gasteiger partial charge in [0.15, 0.2) is 0 Å². The summed E-state index contributed by atoms with van der Waals surface area (Å²) in [4.78, 5) is 55.1. The van der Waals surface area contributed by atoms with Gasteiger partial charge < -0.3 is 31.4 Å². The summed E-state index contributed by atoms with van der Waals surface area (Å²) >= 11 is 6.01. The first kappa shape index (κ1) is 36.0. The molecule has 0 spiro atoms. The highest BCUT2D eigenvalue weighted by atomic mass is 35.5. The Bertz CT molecular complexity index is 1730. The minimum atomic E-state index is -5.08. The number of carbonyl (C=O) groups excluding carboxylic acids is 3. The molecule has 2 heterocycles. The molecular formula is C34H35ClF3N5O5. The van der Waals surface area contributed by atoms with Gasteiger partial charge in [-0.25, -0.2) is 4.79 Å². The molecule has 0 bridgehead atoms. The van der Waals surface area contributed by atoms with Gasteiger partial charge in [-0.15, -0.1) is 0 Å². The van der Waals surface area contributed by atoms with Crippen LogP contribution in [0.4, 0.5) is 13.2 Å². The molecule has 3 aromatic carbocycles. The molecule has 5 rings (SSSR count). The van der Waals surface area contributed by atoms with E-state index in [1.165, 1.54) is 0 Å². The highest BCUT2D eigenvalue weighted by molar-refractivity contribution is 6.30. The molecule has 6 N–H and O–H groups in total. The Kier molecular flexibility index (Phi) is 12.2. The second kappa shape index (κ2) is 16.3. The van der Waals surface area contributed by atoms with Crippen molar-refractivity contribution in [3.63, 3.8) is 0 Å². The molecule has 48 heavy (non-hydrogen) atoms. The summed E-state index contributed by atoms with van der Waals surface area (Å²) in [5, 5.41) is 14.6. The number of unbranched alkanes of at least 4 members (excludes halogenated alkanes) is 1. The Hall–Kier alpha value is -4.88. The van der Waals surface area contributed by atoms with Crippen LogP contribution in [0.5, 0.6) is 0 Å². The van der Waals surface area contributed by atoms with Crippen molar-refractivity contribution in [3.8, 4) is 0 Å². The lowest BCUT2D eigenvalue weighted by atomic mass is 10.0. The van der Waals surface area contributed by atoms with Gasteiger partial charge in [0.25, 0.3) is 5.91 Å². The predicted octanol–water partition coefficient (Wildman–Crippen LogP) is 4.95. The van der Waals surface area contributed by atoms with E-state index in [2.05, 4.69) is 15.6 Å². The van der Waals surface area contributed by atoms with Crippen molar-refractivity contribution in [2.24, 2.45) is 5.73 Å². The first-order valence-corrected chi connectivity index (χ1v) is 15.5. The first-order chi connectivity index (χ1) is 22.9. The van der Waals surface area contributed by atoms with E-state index in [4.69, 9.17) is 27.2 Å². The minimum Gasteiger partial charge on any atom is -0.475 e. The number of aliphatic carboxylic acids is 1. The van der Waals surface area contributed by atoms with Crippen LogP contribution in [0.2, 0.25) is 5.02 Å². The van der Waals surface area contributed by atoms with Crippen LogP contribution in [-0.4, -0.2) is 63.5 Å². The molecule has 14 heteroatoms. The smallest absolute Gasteiger partial charge is 0.475 e. The molecule has 2 atom stereocenters. The Morgan fingerprint density at radius 2 is 1.65 bits per heavy atom. The number of fused-ring (bicyclic) bond motifs is 3. The van der Waals surface area contributed by atoms with E-state index in [-0.39, 0.29) is 24.3 Å². The van der Waals surface area contributed by atoms with E-state index >= 15 is 0 Å². The number of nitrogens with zero attached hydrogens (tertiary/aromatic N) is 1. The number of H-pyrrole nitrogens is 1. The maximum atomic E-state index is 14.2. The third-order valence-electron chi connectivity index (χ3n) is 7.79. The van der Waals surface area contributed by atoms with Gasteiger partial charge >= 0.3 is 12.1 Å². The van der Waals surface area contributed by atoms with Gasteiger partial charge in [-0.05, 0) is 67.3 Å². The number of alkyl halides is 3. The zero-order chi connectivity index (χ0) is 34.8. The molecular weight excluding hydrogens is 651 g/mol. The highest BCUT2D eigenvalue weighted by Gasteiger charge is 2.39. The number of amides is 3. The number of para-hydroxylation sites is 1. The number of hydrogen-bond donors (Lipinski definition) is 5. The van der Waals surface area contributed by atoms with Gasteiger partial charge in [-0.3, -0.25) is 14.4 Å². The molecule has 4 aromatic rings. The average molecular weight is 686 g/mol. The summed E-state index contributed by atoms with van der Waals surface area (Å²) in [5.41, 5.74) is 9.90. The zero-order valence-electron chi connectivity index (χ0n) is 25.7. The van der Waals surface area contributed by atoms with Gasteiger partial charge in [0.1, 0.15) is 12.1 Å². The molecule has 1 aliphatic rings. The zero-order valence-corrected chi connectivity index (χ0v) is 26.5. The number of aromatic amines is 1. The minimum absolute atomic E-state index is 0.224. The highest BCUT2D eigenvalue weighted by Crippen LogP contribution is 2.30. The number of nitrogens with one attached hydrogen (secondary N) is 3. The van der Waals surface area contributed by atoms with Crippen molar-refractivity contribution in [1.29, 1.82) is 0 Å². The Morgan fingerprint density at radius 1 is 1.00 bits per heavy atom. The normalized spacial score (nSPS) is 15.1. The van der Waals surface area contributed by atoms with Gasteiger partial charge in [0, 0.05) is 40.1 Å². The van der Waals surface area contributed by atoms with Crippen molar-refractivity contribution in [2.45, 2.75) is 57.0 Å². The molecule has 0 aliphatic carbocycles. The summed E-state index contributed by atoms with van der Waals surface area (Å²) in [6.07, 6.45) is -2.91. The number of halogens is 4. The number of rotatable bonds is 10. The van der Waals surface area contributed by atoms with Crippen LogP contribution in [-0.2, 0) is 33.9 Å². The number of benzene rings is 3. The van der Waals surface area contributed by atoms with E-state index < -0.39 is 24.2 Å². The molecule has 0 saturated carbocycles. The molecule has 0 saturated heterocycles. The second-order valence-corrected chi connectivity index (χ2v) is 11.6. The van der Waals surface area contributed by atoms with Crippen LogP contribution in [0.25, 0.3) is 10.9 Å². The number of nitrogens with two attached hydrogens (primary N) is 1. The monoisotopic (exact) mass is 685 g/mol. The molecule has 10 nitrogen and oxygen atoms in total. The van der Waals surface area contributed by atoms with Gasteiger partial charge in [-0.1, -0.05) is 60.1 Å². The van der Waals surface area contributed by atoms with Crippen molar-refractivity contribution >= 4 is 46.2 Å². The van der Waals surface area contributed by atoms with E-state index in [1.54, 1.807) is 29.2 Å². The summed E-state index contributed by atoms with van der Waals surface area (Å²) in [6.45, 7) is 1.07. The quantitative estimate of drug-likeness (QED) is 0.149. The average Bonchev–Trinajstić information content (AvgIpc) is 3.35.